The van der Waals surface area contributed by atoms with E-state index in [4.69, 9.17) is 0 Å². The molecule has 3 rings (SSSR count). The Morgan fingerprint density at radius 1 is 0.957 bits per heavy atom. The second-order valence-corrected chi connectivity index (χ2v) is 5.48. The molecule has 0 fully saturated rings. The van der Waals surface area contributed by atoms with E-state index in [0.717, 1.165) is 23.0 Å². The molecule has 0 radical (unpaired) electrons. The Bertz CT molecular complexity index is 842. The van der Waals surface area contributed by atoms with Crippen LogP contribution in [0.25, 0.3) is 11.3 Å². The van der Waals surface area contributed by atoms with Gasteiger partial charge in [0.25, 0.3) is 0 Å². The van der Waals surface area contributed by atoms with E-state index < -0.39 is 11.6 Å². The number of rotatable bonds is 3. The molecule has 0 amide bonds. The first-order chi connectivity index (χ1) is 11.0. The van der Waals surface area contributed by atoms with Crippen molar-refractivity contribution in [3.63, 3.8) is 0 Å². The van der Waals surface area contributed by atoms with Crippen LogP contribution in [0.4, 0.5) is 20.2 Å². The van der Waals surface area contributed by atoms with Crippen molar-refractivity contribution in [3.05, 3.63) is 77.5 Å². The van der Waals surface area contributed by atoms with Crippen molar-refractivity contribution in [1.82, 2.24) is 4.98 Å². The topological polar surface area (TPSA) is 24.9 Å². The van der Waals surface area contributed by atoms with Crippen LogP contribution in [0.3, 0.4) is 0 Å². The lowest BCUT2D eigenvalue weighted by Crippen LogP contribution is -1.96. The van der Waals surface area contributed by atoms with Gasteiger partial charge in [-0.15, -0.1) is 0 Å². The highest BCUT2D eigenvalue weighted by Gasteiger charge is 2.10. The maximum absolute atomic E-state index is 13.8. The number of nitrogens with zero attached hydrogens (tertiary/aromatic N) is 1. The molecule has 116 valence electrons. The lowest BCUT2D eigenvalue weighted by molar-refractivity contribution is 0.511. The third-order valence-electron chi connectivity index (χ3n) is 3.65. The number of aromatic nitrogens is 1. The fourth-order valence-corrected chi connectivity index (χ4v) is 2.44. The molecule has 2 nitrogen and oxygen atoms in total. The highest BCUT2D eigenvalue weighted by atomic mass is 19.2. The van der Waals surface area contributed by atoms with E-state index in [1.807, 2.05) is 26.0 Å². The van der Waals surface area contributed by atoms with Gasteiger partial charge in [0.2, 0.25) is 0 Å². The van der Waals surface area contributed by atoms with E-state index in [2.05, 4.69) is 16.4 Å². The Kier molecular flexibility index (Phi) is 4.06. The average molecular weight is 310 g/mol. The largest absolute Gasteiger partial charge is 0.354 e. The highest BCUT2D eigenvalue weighted by molar-refractivity contribution is 5.66. The first-order valence-electron chi connectivity index (χ1n) is 7.29. The first-order valence-corrected chi connectivity index (χ1v) is 7.29. The summed E-state index contributed by atoms with van der Waals surface area (Å²) in [6.07, 6.45) is 1.61. The van der Waals surface area contributed by atoms with Crippen molar-refractivity contribution in [2.45, 2.75) is 13.8 Å². The van der Waals surface area contributed by atoms with E-state index in [-0.39, 0.29) is 5.56 Å². The zero-order valence-electron chi connectivity index (χ0n) is 12.9. The molecule has 0 spiro atoms. The maximum atomic E-state index is 13.8. The number of anilines is 2. The molecule has 0 aliphatic carbocycles. The second kappa shape index (κ2) is 6.16. The van der Waals surface area contributed by atoms with Gasteiger partial charge in [0.05, 0.1) is 17.6 Å². The smallest absolute Gasteiger partial charge is 0.168 e. The molecule has 0 aliphatic rings. The van der Waals surface area contributed by atoms with Crippen LogP contribution in [0.5, 0.6) is 0 Å². The van der Waals surface area contributed by atoms with Gasteiger partial charge in [-0.05, 0) is 49.7 Å². The van der Waals surface area contributed by atoms with Crippen molar-refractivity contribution in [3.8, 4) is 11.3 Å². The number of aryl methyl sites for hydroxylation is 2. The third-order valence-corrected chi connectivity index (χ3v) is 3.65. The van der Waals surface area contributed by atoms with Gasteiger partial charge in [-0.25, -0.2) is 8.78 Å². The van der Waals surface area contributed by atoms with Gasteiger partial charge in [-0.3, -0.25) is 4.98 Å². The zero-order valence-corrected chi connectivity index (χ0v) is 12.9. The zero-order chi connectivity index (χ0) is 16.4. The minimum Gasteiger partial charge on any atom is -0.354 e. The summed E-state index contributed by atoms with van der Waals surface area (Å²) in [6, 6.07) is 13.7. The molecule has 0 unspecified atom stereocenters. The van der Waals surface area contributed by atoms with Gasteiger partial charge < -0.3 is 5.32 Å². The van der Waals surface area contributed by atoms with Crippen LogP contribution in [0, 0.1) is 25.5 Å². The quantitative estimate of drug-likeness (QED) is 0.702. The summed E-state index contributed by atoms with van der Waals surface area (Å²) in [5, 5.41) is 3.27. The Morgan fingerprint density at radius 2 is 1.78 bits per heavy atom. The lowest BCUT2D eigenvalue weighted by atomic mass is 10.1. The van der Waals surface area contributed by atoms with Gasteiger partial charge in [-0.2, -0.15) is 0 Å². The number of pyridine rings is 1. The molecule has 4 heteroatoms. The first kappa shape index (κ1) is 15.2. The number of halogens is 2. The number of hydrogen-bond donors (Lipinski definition) is 1. The van der Waals surface area contributed by atoms with Gasteiger partial charge in [0, 0.05) is 11.3 Å². The minimum atomic E-state index is -0.880. The molecule has 0 saturated heterocycles. The summed E-state index contributed by atoms with van der Waals surface area (Å²) in [4.78, 5) is 4.23. The van der Waals surface area contributed by atoms with Gasteiger partial charge in [0.15, 0.2) is 11.6 Å². The van der Waals surface area contributed by atoms with Crippen molar-refractivity contribution in [2.75, 3.05) is 5.32 Å². The Labute approximate surface area is 133 Å². The van der Waals surface area contributed by atoms with E-state index in [0.29, 0.717) is 5.69 Å². The molecule has 3 aromatic rings. The molecular formula is C19H16F2N2. The molecular weight excluding hydrogens is 294 g/mol. The SMILES string of the molecule is Cc1ccc(Nc2ccc(-c3cccc(F)c3F)nc2)c(C)c1. The Morgan fingerprint density at radius 3 is 2.48 bits per heavy atom. The van der Waals surface area contributed by atoms with Gasteiger partial charge in [-0.1, -0.05) is 23.8 Å². The summed E-state index contributed by atoms with van der Waals surface area (Å²) < 4.78 is 27.1. The van der Waals surface area contributed by atoms with E-state index in [1.54, 1.807) is 18.3 Å². The fraction of sp³-hybridized carbons (Fsp3) is 0.105. The van der Waals surface area contributed by atoms with Crippen LogP contribution in [-0.4, -0.2) is 4.98 Å². The molecule has 0 bridgehead atoms. The summed E-state index contributed by atoms with van der Waals surface area (Å²) in [5.41, 5.74) is 4.66. The molecule has 1 aromatic heterocycles. The summed E-state index contributed by atoms with van der Waals surface area (Å²) in [7, 11) is 0. The van der Waals surface area contributed by atoms with Crippen LogP contribution >= 0.6 is 0 Å². The predicted molar refractivity (Wildman–Crippen MR) is 88.8 cm³/mol. The van der Waals surface area contributed by atoms with Crippen LogP contribution in [-0.2, 0) is 0 Å². The molecule has 0 saturated carbocycles. The van der Waals surface area contributed by atoms with Crippen LogP contribution in [0.1, 0.15) is 11.1 Å². The van der Waals surface area contributed by atoms with Crippen molar-refractivity contribution >= 4 is 11.4 Å². The molecule has 0 atom stereocenters. The van der Waals surface area contributed by atoms with Gasteiger partial charge in [0.1, 0.15) is 0 Å². The van der Waals surface area contributed by atoms with Crippen molar-refractivity contribution in [2.24, 2.45) is 0 Å². The average Bonchev–Trinajstić information content (AvgIpc) is 2.54. The fourth-order valence-electron chi connectivity index (χ4n) is 2.44. The maximum Gasteiger partial charge on any atom is 0.168 e. The second-order valence-electron chi connectivity index (χ2n) is 5.48. The normalized spacial score (nSPS) is 10.6. The molecule has 1 N–H and O–H groups in total. The summed E-state index contributed by atoms with van der Waals surface area (Å²) >= 11 is 0. The molecule has 1 heterocycles. The molecule has 2 aromatic carbocycles. The standard InChI is InChI=1S/C19H16F2N2/c1-12-6-8-17(13(2)10-12)23-14-7-9-18(22-11-14)15-4-3-5-16(20)19(15)21/h3-11,23H,1-2H3. The molecule has 23 heavy (non-hydrogen) atoms. The Balaban J connectivity index is 1.86. The molecule has 0 aliphatic heterocycles. The van der Waals surface area contributed by atoms with Gasteiger partial charge >= 0.3 is 0 Å². The summed E-state index contributed by atoms with van der Waals surface area (Å²) in [6.45, 7) is 4.07. The summed E-state index contributed by atoms with van der Waals surface area (Å²) in [5.74, 6) is -1.75. The number of nitrogens with one attached hydrogen (secondary N) is 1. The van der Waals surface area contributed by atoms with Crippen LogP contribution < -0.4 is 5.32 Å². The number of benzene rings is 2. The third kappa shape index (κ3) is 3.21. The van der Waals surface area contributed by atoms with E-state index in [1.165, 1.54) is 17.7 Å². The predicted octanol–water partition coefficient (Wildman–Crippen LogP) is 5.39. The minimum absolute atomic E-state index is 0.156. The van der Waals surface area contributed by atoms with Crippen LogP contribution in [0.15, 0.2) is 54.7 Å². The van der Waals surface area contributed by atoms with E-state index >= 15 is 0 Å². The number of hydrogen-bond acceptors (Lipinski definition) is 2. The van der Waals surface area contributed by atoms with Crippen molar-refractivity contribution < 1.29 is 8.78 Å². The van der Waals surface area contributed by atoms with Crippen LogP contribution in [0.2, 0.25) is 0 Å². The Hall–Kier alpha value is -2.75. The monoisotopic (exact) mass is 310 g/mol. The van der Waals surface area contributed by atoms with E-state index in [9.17, 15) is 8.78 Å². The lowest BCUT2D eigenvalue weighted by Gasteiger charge is -2.11. The van der Waals surface area contributed by atoms with Crippen molar-refractivity contribution in [1.29, 1.82) is 0 Å². The highest BCUT2D eigenvalue weighted by Crippen LogP contribution is 2.25.